The summed E-state index contributed by atoms with van der Waals surface area (Å²) in [6.45, 7) is 0. The Morgan fingerprint density at radius 2 is 2.06 bits per heavy atom. The summed E-state index contributed by atoms with van der Waals surface area (Å²) in [6, 6.07) is 9.24. The number of hydrogen-bond acceptors (Lipinski definition) is 4. The van der Waals surface area contributed by atoms with Crippen LogP contribution in [0.2, 0.25) is 0 Å². The zero-order valence-corrected chi connectivity index (χ0v) is 10.6. The number of rotatable bonds is 5. The van der Waals surface area contributed by atoms with Gasteiger partial charge in [-0.3, -0.25) is 0 Å². The van der Waals surface area contributed by atoms with Crippen LogP contribution in [0.15, 0.2) is 41.0 Å². The number of hydrogen-bond donors (Lipinski definition) is 1. The van der Waals surface area contributed by atoms with Crippen molar-refractivity contribution < 1.29 is 13.9 Å². The Kier molecular flexibility index (Phi) is 3.89. The molecule has 4 heteroatoms. The standard InChI is InChI=1S/C14H17NO3/c1-16-11-6-5-10(14(9-11)17-2)8-12(15)13-4-3-7-18-13/h3-7,9,12H,8,15H2,1-2H3. The second-order valence-electron chi connectivity index (χ2n) is 4.00. The van der Waals surface area contributed by atoms with Gasteiger partial charge in [-0.15, -0.1) is 0 Å². The second kappa shape index (κ2) is 5.60. The van der Waals surface area contributed by atoms with Crippen LogP contribution in [0, 0.1) is 0 Å². The van der Waals surface area contributed by atoms with Crippen molar-refractivity contribution in [3.05, 3.63) is 47.9 Å². The van der Waals surface area contributed by atoms with E-state index in [-0.39, 0.29) is 6.04 Å². The summed E-state index contributed by atoms with van der Waals surface area (Å²) in [6.07, 6.45) is 2.28. The number of ether oxygens (including phenoxy) is 2. The third-order valence-corrected chi connectivity index (χ3v) is 2.84. The Hall–Kier alpha value is -1.94. The van der Waals surface area contributed by atoms with Crippen molar-refractivity contribution in [1.82, 2.24) is 0 Å². The van der Waals surface area contributed by atoms with E-state index in [0.717, 1.165) is 22.8 Å². The molecule has 18 heavy (non-hydrogen) atoms. The van der Waals surface area contributed by atoms with E-state index in [1.165, 1.54) is 0 Å². The van der Waals surface area contributed by atoms with Crippen LogP contribution >= 0.6 is 0 Å². The minimum absolute atomic E-state index is 0.178. The van der Waals surface area contributed by atoms with E-state index in [2.05, 4.69) is 0 Å². The summed E-state index contributed by atoms with van der Waals surface area (Å²) in [5.74, 6) is 2.31. The Morgan fingerprint density at radius 1 is 1.22 bits per heavy atom. The molecule has 0 saturated carbocycles. The van der Waals surface area contributed by atoms with Gasteiger partial charge in [0.2, 0.25) is 0 Å². The van der Waals surface area contributed by atoms with Crippen LogP contribution in [0.25, 0.3) is 0 Å². The number of methoxy groups -OCH3 is 2. The van der Waals surface area contributed by atoms with Crippen LogP contribution in [-0.2, 0) is 6.42 Å². The van der Waals surface area contributed by atoms with Gasteiger partial charge in [-0.05, 0) is 30.2 Å². The molecule has 0 bridgehead atoms. The van der Waals surface area contributed by atoms with Gasteiger partial charge in [-0.25, -0.2) is 0 Å². The molecule has 0 aliphatic carbocycles. The third kappa shape index (κ3) is 2.65. The largest absolute Gasteiger partial charge is 0.497 e. The quantitative estimate of drug-likeness (QED) is 0.882. The van der Waals surface area contributed by atoms with Crippen LogP contribution in [0.1, 0.15) is 17.4 Å². The average Bonchev–Trinajstić information content (AvgIpc) is 2.93. The van der Waals surface area contributed by atoms with Gasteiger partial charge in [-0.1, -0.05) is 6.07 Å². The summed E-state index contributed by atoms with van der Waals surface area (Å²) in [5.41, 5.74) is 7.11. The van der Waals surface area contributed by atoms with Crippen molar-refractivity contribution in [1.29, 1.82) is 0 Å². The van der Waals surface area contributed by atoms with Gasteiger partial charge in [0.25, 0.3) is 0 Å². The normalized spacial score (nSPS) is 12.2. The summed E-state index contributed by atoms with van der Waals surface area (Å²) >= 11 is 0. The molecule has 2 rings (SSSR count). The zero-order valence-electron chi connectivity index (χ0n) is 10.6. The van der Waals surface area contributed by atoms with E-state index in [1.807, 2.05) is 30.3 Å². The lowest BCUT2D eigenvalue weighted by Gasteiger charge is -2.13. The highest BCUT2D eigenvalue weighted by Gasteiger charge is 2.13. The molecule has 1 aromatic heterocycles. The molecule has 1 heterocycles. The zero-order chi connectivity index (χ0) is 13.0. The minimum atomic E-state index is -0.178. The summed E-state index contributed by atoms with van der Waals surface area (Å²) < 4.78 is 15.8. The van der Waals surface area contributed by atoms with Crippen LogP contribution in [0.5, 0.6) is 11.5 Å². The van der Waals surface area contributed by atoms with Crippen LogP contribution in [0.4, 0.5) is 0 Å². The van der Waals surface area contributed by atoms with Crippen molar-refractivity contribution >= 4 is 0 Å². The summed E-state index contributed by atoms with van der Waals surface area (Å²) in [7, 11) is 3.26. The highest BCUT2D eigenvalue weighted by molar-refractivity contribution is 5.41. The van der Waals surface area contributed by atoms with E-state index in [0.29, 0.717) is 6.42 Å². The first-order chi connectivity index (χ1) is 8.74. The van der Waals surface area contributed by atoms with Gasteiger partial charge in [0.05, 0.1) is 26.5 Å². The fourth-order valence-corrected chi connectivity index (χ4v) is 1.86. The third-order valence-electron chi connectivity index (χ3n) is 2.84. The fraction of sp³-hybridized carbons (Fsp3) is 0.286. The van der Waals surface area contributed by atoms with Crippen molar-refractivity contribution in [2.45, 2.75) is 12.5 Å². The van der Waals surface area contributed by atoms with Crippen molar-refractivity contribution in [2.75, 3.05) is 14.2 Å². The molecule has 0 fully saturated rings. The molecule has 0 amide bonds. The topological polar surface area (TPSA) is 57.6 Å². The SMILES string of the molecule is COc1ccc(CC(N)c2ccco2)c(OC)c1. The molecule has 2 N–H and O–H groups in total. The maximum Gasteiger partial charge on any atom is 0.125 e. The van der Waals surface area contributed by atoms with Crippen LogP contribution in [-0.4, -0.2) is 14.2 Å². The molecule has 0 aliphatic rings. The van der Waals surface area contributed by atoms with E-state index in [9.17, 15) is 0 Å². The number of nitrogens with two attached hydrogens (primary N) is 1. The maximum absolute atomic E-state index is 6.09. The molecule has 1 aromatic carbocycles. The molecular formula is C14H17NO3. The summed E-state index contributed by atoms with van der Waals surface area (Å²) in [5, 5.41) is 0. The molecule has 0 saturated heterocycles. The van der Waals surface area contributed by atoms with Gasteiger partial charge in [-0.2, -0.15) is 0 Å². The fourth-order valence-electron chi connectivity index (χ4n) is 1.86. The van der Waals surface area contributed by atoms with E-state index in [1.54, 1.807) is 20.5 Å². The van der Waals surface area contributed by atoms with Gasteiger partial charge < -0.3 is 19.6 Å². The first-order valence-electron chi connectivity index (χ1n) is 5.74. The Bertz CT molecular complexity index is 494. The molecule has 0 radical (unpaired) electrons. The Morgan fingerprint density at radius 3 is 2.67 bits per heavy atom. The Labute approximate surface area is 106 Å². The molecule has 4 nitrogen and oxygen atoms in total. The predicted molar refractivity (Wildman–Crippen MR) is 68.9 cm³/mol. The van der Waals surface area contributed by atoms with E-state index in [4.69, 9.17) is 19.6 Å². The predicted octanol–water partition coefficient (Wildman–Crippen LogP) is 2.54. The molecule has 1 atom stereocenters. The van der Waals surface area contributed by atoms with Crippen molar-refractivity contribution in [2.24, 2.45) is 5.73 Å². The number of benzene rings is 1. The van der Waals surface area contributed by atoms with Crippen molar-refractivity contribution in [3.63, 3.8) is 0 Å². The first kappa shape index (κ1) is 12.5. The minimum Gasteiger partial charge on any atom is -0.497 e. The second-order valence-corrected chi connectivity index (χ2v) is 4.00. The maximum atomic E-state index is 6.09. The van der Waals surface area contributed by atoms with E-state index < -0.39 is 0 Å². The molecule has 96 valence electrons. The van der Waals surface area contributed by atoms with E-state index >= 15 is 0 Å². The lowest BCUT2D eigenvalue weighted by molar-refractivity contribution is 0.388. The molecule has 0 spiro atoms. The average molecular weight is 247 g/mol. The van der Waals surface area contributed by atoms with Gasteiger partial charge in [0.1, 0.15) is 17.3 Å². The molecule has 0 aliphatic heterocycles. The summed E-state index contributed by atoms with van der Waals surface area (Å²) in [4.78, 5) is 0. The van der Waals surface area contributed by atoms with Crippen LogP contribution < -0.4 is 15.2 Å². The first-order valence-corrected chi connectivity index (χ1v) is 5.74. The highest BCUT2D eigenvalue weighted by atomic mass is 16.5. The van der Waals surface area contributed by atoms with Crippen molar-refractivity contribution in [3.8, 4) is 11.5 Å². The van der Waals surface area contributed by atoms with Gasteiger partial charge in [0.15, 0.2) is 0 Å². The number of furan rings is 1. The van der Waals surface area contributed by atoms with Crippen LogP contribution in [0.3, 0.4) is 0 Å². The lowest BCUT2D eigenvalue weighted by atomic mass is 10.0. The van der Waals surface area contributed by atoms with Gasteiger partial charge >= 0.3 is 0 Å². The van der Waals surface area contributed by atoms with Gasteiger partial charge in [0, 0.05) is 6.07 Å². The highest BCUT2D eigenvalue weighted by Crippen LogP contribution is 2.28. The molecule has 2 aromatic rings. The lowest BCUT2D eigenvalue weighted by Crippen LogP contribution is -2.13. The molecular weight excluding hydrogens is 230 g/mol. The molecule has 1 unspecified atom stereocenters. The monoisotopic (exact) mass is 247 g/mol. The smallest absolute Gasteiger partial charge is 0.125 e. The Balaban J connectivity index is 2.18.